The van der Waals surface area contributed by atoms with Crippen molar-refractivity contribution in [1.29, 1.82) is 0 Å². The van der Waals surface area contributed by atoms with E-state index in [2.05, 4.69) is 41.1 Å². The average molecular weight is 329 g/mol. The molecule has 2 fully saturated rings. The molecule has 3 rings (SSSR count). The van der Waals surface area contributed by atoms with Crippen LogP contribution in [0, 0.1) is 11.8 Å². The Bertz CT molecular complexity index is 515. The van der Waals surface area contributed by atoms with Gasteiger partial charge in [-0.05, 0) is 56.4 Å². The molecule has 3 atom stereocenters. The van der Waals surface area contributed by atoms with E-state index in [-0.39, 0.29) is 11.9 Å². The summed E-state index contributed by atoms with van der Waals surface area (Å²) in [5.74, 6) is 1.80. The lowest BCUT2D eigenvalue weighted by atomic mass is 9.92. The highest BCUT2D eigenvalue weighted by Crippen LogP contribution is 2.30. The second kappa shape index (κ2) is 8.13. The van der Waals surface area contributed by atoms with Gasteiger partial charge in [0.2, 0.25) is 5.91 Å². The van der Waals surface area contributed by atoms with E-state index in [1.54, 1.807) is 0 Å². The second-order valence-electron chi connectivity index (χ2n) is 7.12. The van der Waals surface area contributed by atoms with Gasteiger partial charge in [-0.15, -0.1) is 0 Å². The van der Waals surface area contributed by atoms with E-state index in [4.69, 9.17) is 0 Å². The molecular formula is C20H31N3O. The maximum atomic E-state index is 13.4. The minimum absolute atomic E-state index is 0.141. The number of amides is 1. The summed E-state index contributed by atoms with van der Waals surface area (Å²) >= 11 is 0. The second-order valence-corrected chi connectivity index (χ2v) is 7.12. The Kier molecular flexibility index (Phi) is 5.90. The van der Waals surface area contributed by atoms with Gasteiger partial charge in [0, 0.05) is 13.1 Å². The van der Waals surface area contributed by atoms with E-state index in [0.29, 0.717) is 0 Å². The predicted octanol–water partition coefficient (Wildman–Crippen LogP) is 2.53. The SMILES string of the molecule is CCN(CC)C(C(=O)N1CC[C@@H]2CNC[C@@H]2CC1)c1ccccc1. The molecule has 24 heavy (non-hydrogen) atoms. The van der Waals surface area contributed by atoms with E-state index in [9.17, 15) is 4.79 Å². The van der Waals surface area contributed by atoms with Crippen LogP contribution in [-0.4, -0.2) is 55.0 Å². The van der Waals surface area contributed by atoms with Gasteiger partial charge in [0.1, 0.15) is 6.04 Å². The van der Waals surface area contributed by atoms with Crippen LogP contribution in [0.1, 0.15) is 38.3 Å². The lowest BCUT2D eigenvalue weighted by Gasteiger charge is -2.33. The number of nitrogens with one attached hydrogen (secondary N) is 1. The minimum Gasteiger partial charge on any atom is -0.341 e. The van der Waals surface area contributed by atoms with Crippen LogP contribution in [0.4, 0.5) is 0 Å². The van der Waals surface area contributed by atoms with Crippen molar-refractivity contribution in [1.82, 2.24) is 15.1 Å². The minimum atomic E-state index is -0.141. The molecular weight excluding hydrogens is 298 g/mol. The van der Waals surface area contributed by atoms with E-state index < -0.39 is 0 Å². The molecule has 2 aliphatic heterocycles. The Morgan fingerprint density at radius 3 is 2.25 bits per heavy atom. The van der Waals surface area contributed by atoms with Crippen molar-refractivity contribution in [2.75, 3.05) is 39.3 Å². The van der Waals surface area contributed by atoms with Crippen molar-refractivity contribution in [2.24, 2.45) is 11.8 Å². The van der Waals surface area contributed by atoms with E-state index in [1.165, 1.54) is 0 Å². The summed E-state index contributed by atoms with van der Waals surface area (Å²) in [6.45, 7) is 10.2. The molecule has 1 N–H and O–H groups in total. The van der Waals surface area contributed by atoms with Gasteiger partial charge >= 0.3 is 0 Å². The fraction of sp³-hybridized carbons (Fsp3) is 0.650. The highest BCUT2D eigenvalue weighted by Gasteiger charge is 2.35. The molecule has 1 aromatic carbocycles. The first-order chi connectivity index (χ1) is 11.7. The van der Waals surface area contributed by atoms with Gasteiger partial charge < -0.3 is 10.2 Å². The third-order valence-corrected chi connectivity index (χ3v) is 5.86. The maximum absolute atomic E-state index is 13.4. The number of nitrogens with zero attached hydrogens (tertiary/aromatic N) is 2. The molecule has 2 aliphatic rings. The first-order valence-electron chi connectivity index (χ1n) is 9.53. The van der Waals surface area contributed by atoms with Crippen LogP contribution in [0.2, 0.25) is 0 Å². The standard InChI is InChI=1S/C20H31N3O/c1-3-22(4-2)19(16-8-6-5-7-9-16)20(24)23-12-10-17-14-21-15-18(17)11-13-23/h5-9,17-19,21H,3-4,10-15H2,1-2H3/t17-,18+,19?. The molecule has 132 valence electrons. The zero-order valence-corrected chi connectivity index (χ0v) is 15.1. The average Bonchev–Trinajstić information content (AvgIpc) is 2.98. The van der Waals surface area contributed by atoms with Crippen molar-refractivity contribution >= 4 is 5.91 Å². The third-order valence-electron chi connectivity index (χ3n) is 5.86. The molecule has 4 nitrogen and oxygen atoms in total. The first-order valence-corrected chi connectivity index (χ1v) is 9.53. The fourth-order valence-corrected chi connectivity index (χ4v) is 4.35. The summed E-state index contributed by atoms with van der Waals surface area (Å²) in [7, 11) is 0. The summed E-state index contributed by atoms with van der Waals surface area (Å²) in [5, 5.41) is 3.51. The van der Waals surface area contributed by atoms with Crippen LogP contribution >= 0.6 is 0 Å². The fourth-order valence-electron chi connectivity index (χ4n) is 4.35. The zero-order chi connectivity index (χ0) is 16.9. The normalized spacial score (nSPS) is 25.4. The zero-order valence-electron chi connectivity index (χ0n) is 15.1. The summed E-state index contributed by atoms with van der Waals surface area (Å²) in [5.41, 5.74) is 1.12. The number of hydrogen-bond acceptors (Lipinski definition) is 3. The predicted molar refractivity (Wildman–Crippen MR) is 97.8 cm³/mol. The number of hydrogen-bond donors (Lipinski definition) is 1. The number of likely N-dealkylation sites (N-methyl/N-ethyl adjacent to an activating group) is 1. The van der Waals surface area contributed by atoms with Crippen molar-refractivity contribution in [2.45, 2.75) is 32.7 Å². The third kappa shape index (κ3) is 3.65. The van der Waals surface area contributed by atoms with Gasteiger partial charge in [0.25, 0.3) is 0 Å². The lowest BCUT2D eigenvalue weighted by molar-refractivity contribution is -0.137. The molecule has 2 saturated heterocycles. The van der Waals surface area contributed by atoms with Gasteiger partial charge in [-0.2, -0.15) is 0 Å². The van der Waals surface area contributed by atoms with Crippen LogP contribution in [0.3, 0.4) is 0 Å². The Balaban J connectivity index is 1.78. The summed E-state index contributed by atoms with van der Waals surface area (Å²) < 4.78 is 0. The Labute approximate surface area is 146 Å². The molecule has 0 radical (unpaired) electrons. The highest BCUT2D eigenvalue weighted by atomic mass is 16.2. The Hall–Kier alpha value is -1.39. The number of carbonyl (C=O) groups excluding carboxylic acids is 1. The van der Waals surface area contributed by atoms with E-state index in [0.717, 1.165) is 69.5 Å². The van der Waals surface area contributed by atoms with Gasteiger partial charge in [-0.25, -0.2) is 0 Å². The molecule has 1 amide bonds. The molecule has 4 heteroatoms. The number of benzene rings is 1. The van der Waals surface area contributed by atoms with Gasteiger partial charge in [0.05, 0.1) is 0 Å². The monoisotopic (exact) mass is 329 g/mol. The summed E-state index contributed by atoms with van der Waals surface area (Å²) in [4.78, 5) is 17.8. The van der Waals surface area contributed by atoms with Crippen LogP contribution < -0.4 is 5.32 Å². The van der Waals surface area contributed by atoms with Gasteiger partial charge in [-0.1, -0.05) is 44.2 Å². The molecule has 0 aromatic heterocycles. The molecule has 0 aliphatic carbocycles. The molecule has 0 spiro atoms. The molecule has 1 aromatic rings. The molecule has 0 bridgehead atoms. The van der Waals surface area contributed by atoms with Crippen molar-refractivity contribution in [3.8, 4) is 0 Å². The summed E-state index contributed by atoms with van der Waals surface area (Å²) in [6, 6.07) is 10.1. The lowest BCUT2D eigenvalue weighted by Crippen LogP contribution is -2.43. The first kappa shape index (κ1) is 17.4. The number of fused-ring (bicyclic) bond motifs is 1. The van der Waals surface area contributed by atoms with Crippen molar-refractivity contribution in [3.63, 3.8) is 0 Å². The molecule has 2 heterocycles. The smallest absolute Gasteiger partial charge is 0.244 e. The van der Waals surface area contributed by atoms with Crippen LogP contribution in [0.15, 0.2) is 30.3 Å². The largest absolute Gasteiger partial charge is 0.341 e. The molecule has 0 saturated carbocycles. The topological polar surface area (TPSA) is 35.6 Å². The Morgan fingerprint density at radius 1 is 1.12 bits per heavy atom. The quantitative estimate of drug-likeness (QED) is 0.902. The van der Waals surface area contributed by atoms with Gasteiger partial charge in [0.15, 0.2) is 0 Å². The Morgan fingerprint density at radius 2 is 1.71 bits per heavy atom. The van der Waals surface area contributed by atoms with Crippen LogP contribution in [0.25, 0.3) is 0 Å². The van der Waals surface area contributed by atoms with Crippen molar-refractivity contribution < 1.29 is 4.79 Å². The highest BCUT2D eigenvalue weighted by molar-refractivity contribution is 5.83. The number of likely N-dealkylation sites (tertiary alicyclic amines) is 1. The maximum Gasteiger partial charge on any atom is 0.244 e. The number of rotatable bonds is 5. The van der Waals surface area contributed by atoms with Crippen LogP contribution in [-0.2, 0) is 4.79 Å². The van der Waals surface area contributed by atoms with Gasteiger partial charge in [-0.3, -0.25) is 9.69 Å². The van der Waals surface area contributed by atoms with Crippen LogP contribution in [0.5, 0.6) is 0 Å². The van der Waals surface area contributed by atoms with E-state index >= 15 is 0 Å². The molecule has 1 unspecified atom stereocenters. The summed E-state index contributed by atoms with van der Waals surface area (Å²) in [6.07, 6.45) is 2.28. The van der Waals surface area contributed by atoms with Crippen molar-refractivity contribution in [3.05, 3.63) is 35.9 Å². The van der Waals surface area contributed by atoms with E-state index in [1.807, 2.05) is 18.2 Å². The number of carbonyl (C=O) groups is 1.